The number of allylic oxidation sites excluding steroid dienone is 1. The van der Waals surface area contributed by atoms with Crippen LogP contribution >= 0.6 is 0 Å². The van der Waals surface area contributed by atoms with Gasteiger partial charge in [-0.05, 0) is 37.6 Å². The summed E-state index contributed by atoms with van der Waals surface area (Å²) in [7, 11) is 0. The van der Waals surface area contributed by atoms with Crippen LogP contribution in [0.15, 0.2) is 59.3 Å². The first-order valence-electron chi connectivity index (χ1n) is 12.4. The number of hydrogen-bond donors (Lipinski definition) is 3. The average Bonchev–Trinajstić information content (AvgIpc) is 2.92. The van der Waals surface area contributed by atoms with E-state index < -0.39 is 11.3 Å². The number of pyridine rings is 2. The number of benzene rings is 1. The molecule has 0 saturated carbocycles. The molecule has 1 fully saturated rings. The van der Waals surface area contributed by atoms with Crippen LogP contribution in [0.2, 0.25) is 0 Å². The SMILES string of the molecule is C/C(N)=C/c1nc(C)c2c(=O)c(C(=O)NCc3ccc(-c4ccc(N5CCOCC5)cc4)nc3)c[nH]c2n1. The molecule has 0 spiro atoms. The molecule has 1 aromatic carbocycles. The fraction of sp³-hybridized carbons (Fsp3) is 0.250. The molecule has 5 rings (SSSR count). The van der Waals surface area contributed by atoms with E-state index in [9.17, 15) is 9.59 Å². The smallest absolute Gasteiger partial charge is 0.257 e. The molecule has 1 amide bonds. The first kappa shape index (κ1) is 25.1. The molecule has 4 heterocycles. The van der Waals surface area contributed by atoms with E-state index in [4.69, 9.17) is 10.5 Å². The van der Waals surface area contributed by atoms with Crippen molar-refractivity contribution >= 4 is 28.7 Å². The van der Waals surface area contributed by atoms with Crippen molar-refractivity contribution in [2.24, 2.45) is 5.73 Å². The third-order valence-corrected chi connectivity index (χ3v) is 6.35. The standard InChI is InChI=1S/C28H29N7O3/c1-17(29)13-24-33-18(2)25-26(36)22(16-31-27(25)34-24)28(37)32-15-19-3-8-23(30-14-19)20-4-6-21(7-5-20)35-9-11-38-12-10-35/h3-8,13-14,16H,9-12,15,29H2,1-2H3,(H,32,37)(H,31,33,34,36)/b17-13-. The van der Waals surface area contributed by atoms with Crippen LogP contribution < -0.4 is 21.4 Å². The normalized spacial score (nSPS) is 14.1. The average molecular weight is 512 g/mol. The van der Waals surface area contributed by atoms with Gasteiger partial charge >= 0.3 is 0 Å². The molecular formula is C28H29N7O3. The van der Waals surface area contributed by atoms with Gasteiger partial charge < -0.3 is 25.7 Å². The predicted molar refractivity (Wildman–Crippen MR) is 147 cm³/mol. The van der Waals surface area contributed by atoms with Crippen molar-refractivity contribution in [2.75, 3.05) is 31.2 Å². The largest absolute Gasteiger partial charge is 0.402 e. The number of fused-ring (bicyclic) bond motifs is 1. The van der Waals surface area contributed by atoms with E-state index in [0.717, 1.165) is 43.1 Å². The first-order chi connectivity index (χ1) is 18.4. The van der Waals surface area contributed by atoms with Gasteiger partial charge in [-0.15, -0.1) is 0 Å². The topological polar surface area (TPSA) is 139 Å². The number of rotatable bonds is 6. The Morgan fingerprint density at radius 1 is 1.16 bits per heavy atom. The number of ether oxygens (including phenoxy) is 1. The lowest BCUT2D eigenvalue weighted by Crippen LogP contribution is -2.36. The molecular weight excluding hydrogens is 482 g/mol. The number of morpholine rings is 1. The lowest BCUT2D eigenvalue weighted by atomic mass is 10.1. The van der Waals surface area contributed by atoms with E-state index in [0.29, 0.717) is 22.9 Å². The number of H-pyrrole nitrogens is 1. The van der Waals surface area contributed by atoms with E-state index >= 15 is 0 Å². The van der Waals surface area contributed by atoms with Gasteiger partial charge in [0.05, 0.1) is 30.0 Å². The van der Waals surface area contributed by atoms with Gasteiger partial charge in [0, 0.05) is 55.1 Å². The summed E-state index contributed by atoms with van der Waals surface area (Å²) >= 11 is 0. The first-order valence-corrected chi connectivity index (χ1v) is 12.4. The van der Waals surface area contributed by atoms with Crippen molar-refractivity contribution in [1.29, 1.82) is 0 Å². The molecule has 1 aliphatic rings. The number of hydrogen-bond acceptors (Lipinski definition) is 8. The minimum Gasteiger partial charge on any atom is -0.402 e. The summed E-state index contributed by atoms with van der Waals surface area (Å²) in [5.74, 6) is -0.0936. The summed E-state index contributed by atoms with van der Waals surface area (Å²) in [4.78, 5) is 44.3. The predicted octanol–water partition coefficient (Wildman–Crippen LogP) is 2.77. The maximum atomic E-state index is 13.0. The number of amides is 1. The highest BCUT2D eigenvalue weighted by molar-refractivity contribution is 5.97. The number of nitrogens with zero attached hydrogens (tertiary/aromatic N) is 4. The molecule has 3 aromatic heterocycles. The van der Waals surface area contributed by atoms with E-state index in [-0.39, 0.29) is 17.5 Å². The zero-order chi connectivity index (χ0) is 26.6. The van der Waals surface area contributed by atoms with Gasteiger partial charge in [-0.25, -0.2) is 9.97 Å². The summed E-state index contributed by atoms with van der Waals surface area (Å²) in [6.07, 6.45) is 4.71. The summed E-state index contributed by atoms with van der Waals surface area (Å²) in [5, 5.41) is 3.07. The Kier molecular flexibility index (Phi) is 7.14. The van der Waals surface area contributed by atoms with Crippen molar-refractivity contribution < 1.29 is 9.53 Å². The van der Waals surface area contributed by atoms with Crippen LogP contribution in [0.25, 0.3) is 28.4 Å². The lowest BCUT2D eigenvalue weighted by molar-refractivity contribution is 0.0949. The molecule has 0 bridgehead atoms. The second-order valence-electron chi connectivity index (χ2n) is 9.19. The minimum atomic E-state index is -0.489. The van der Waals surface area contributed by atoms with Crippen LogP contribution in [0.1, 0.15) is 34.4 Å². The number of aromatic amines is 1. The van der Waals surface area contributed by atoms with E-state index in [1.807, 2.05) is 12.1 Å². The molecule has 10 heteroatoms. The molecule has 0 unspecified atom stereocenters. The van der Waals surface area contributed by atoms with Crippen LogP contribution in [0, 0.1) is 6.92 Å². The second-order valence-corrected chi connectivity index (χ2v) is 9.19. The van der Waals surface area contributed by atoms with Crippen molar-refractivity contribution in [2.45, 2.75) is 20.4 Å². The molecule has 38 heavy (non-hydrogen) atoms. The van der Waals surface area contributed by atoms with Gasteiger partial charge in [-0.2, -0.15) is 0 Å². The number of carbonyl (C=O) groups excluding carboxylic acids is 1. The number of nitrogens with one attached hydrogen (secondary N) is 2. The van der Waals surface area contributed by atoms with Gasteiger partial charge in [-0.3, -0.25) is 14.6 Å². The van der Waals surface area contributed by atoms with Crippen LogP contribution in [-0.2, 0) is 11.3 Å². The number of aromatic nitrogens is 4. The summed E-state index contributed by atoms with van der Waals surface area (Å²) < 4.78 is 5.42. The molecule has 4 N–H and O–H groups in total. The number of nitrogens with two attached hydrogens (primary N) is 1. The van der Waals surface area contributed by atoms with Gasteiger partial charge in [-0.1, -0.05) is 18.2 Å². The quantitative estimate of drug-likeness (QED) is 0.359. The monoisotopic (exact) mass is 511 g/mol. The lowest BCUT2D eigenvalue weighted by Gasteiger charge is -2.28. The molecule has 0 aliphatic carbocycles. The van der Waals surface area contributed by atoms with Crippen molar-refractivity contribution in [1.82, 2.24) is 25.3 Å². The summed E-state index contributed by atoms with van der Waals surface area (Å²) in [6.45, 7) is 6.94. The highest BCUT2D eigenvalue weighted by Gasteiger charge is 2.16. The van der Waals surface area contributed by atoms with Gasteiger partial charge in [0.25, 0.3) is 5.91 Å². The summed E-state index contributed by atoms with van der Waals surface area (Å²) in [6, 6.07) is 12.1. The van der Waals surface area contributed by atoms with Crippen molar-refractivity contribution in [3.8, 4) is 11.3 Å². The molecule has 4 aromatic rings. The fourth-order valence-electron chi connectivity index (χ4n) is 4.39. The Morgan fingerprint density at radius 2 is 1.92 bits per heavy atom. The fourth-order valence-corrected chi connectivity index (χ4v) is 4.39. The Labute approximate surface area is 219 Å². The molecule has 0 atom stereocenters. The Bertz CT molecular complexity index is 1550. The van der Waals surface area contributed by atoms with E-state index in [2.05, 4.69) is 54.4 Å². The number of aryl methyl sites for hydroxylation is 1. The molecule has 1 aliphatic heterocycles. The van der Waals surface area contributed by atoms with Crippen LogP contribution in [0.3, 0.4) is 0 Å². The molecule has 10 nitrogen and oxygen atoms in total. The molecule has 1 saturated heterocycles. The third-order valence-electron chi connectivity index (χ3n) is 6.35. The van der Waals surface area contributed by atoms with Gasteiger partial charge in [0.2, 0.25) is 5.43 Å². The van der Waals surface area contributed by atoms with Gasteiger partial charge in [0.1, 0.15) is 11.2 Å². The maximum absolute atomic E-state index is 13.0. The summed E-state index contributed by atoms with van der Waals surface area (Å²) in [5.41, 5.74) is 10.5. The highest BCUT2D eigenvalue weighted by Crippen LogP contribution is 2.22. The van der Waals surface area contributed by atoms with Crippen LogP contribution in [0.4, 0.5) is 5.69 Å². The van der Waals surface area contributed by atoms with Crippen LogP contribution in [-0.4, -0.2) is 52.1 Å². The van der Waals surface area contributed by atoms with Crippen LogP contribution in [0.5, 0.6) is 0 Å². The minimum absolute atomic E-state index is 0.00701. The van der Waals surface area contributed by atoms with Crippen molar-refractivity contribution in [3.63, 3.8) is 0 Å². The maximum Gasteiger partial charge on any atom is 0.257 e. The van der Waals surface area contributed by atoms with Gasteiger partial charge in [0.15, 0.2) is 5.82 Å². The Balaban J connectivity index is 1.26. The molecule has 194 valence electrons. The zero-order valence-electron chi connectivity index (χ0n) is 21.3. The highest BCUT2D eigenvalue weighted by atomic mass is 16.5. The number of anilines is 1. The zero-order valence-corrected chi connectivity index (χ0v) is 21.3. The van der Waals surface area contributed by atoms with Crippen molar-refractivity contribution in [3.05, 3.63) is 87.4 Å². The van der Waals surface area contributed by atoms with E-state index in [1.54, 1.807) is 26.1 Å². The third kappa shape index (κ3) is 5.40. The van der Waals surface area contributed by atoms with E-state index in [1.165, 1.54) is 11.9 Å². The molecule has 0 radical (unpaired) electrons. The Hall–Kier alpha value is -4.57. The second kappa shape index (κ2) is 10.8. The number of carbonyl (C=O) groups is 1. The Morgan fingerprint density at radius 3 is 2.61 bits per heavy atom.